The molecule has 3 rings (SSSR count). The fraction of sp³-hybridized carbons (Fsp3) is 0.333. The number of guanidine groups is 1. The van der Waals surface area contributed by atoms with E-state index in [2.05, 4.69) is 53.0 Å². The van der Waals surface area contributed by atoms with E-state index in [1.54, 1.807) is 18.4 Å². The number of thiazole rings is 1. The summed E-state index contributed by atoms with van der Waals surface area (Å²) in [5.74, 6) is 0.846. The lowest BCUT2D eigenvalue weighted by Gasteiger charge is -2.22. The van der Waals surface area contributed by atoms with Crippen LogP contribution in [0.25, 0.3) is 4.96 Å². The highest BCUT2D eigenvalue weighted by Crippen LogP contribution is 2.15. The molecule has 122 valence electrons. The van der Waals surface area contributed by atoms with Crippen molar-refractivity contribution < 1.29 is 0 Å². The lowest BCUT2D eigenvalue weighted by Crippen LogP contribution is -2.38. The van der Waals surface area contributed by atoms with Gasteiger partial charge in [0.05, 0.1) is 18.8 Å². The van der Waals surface area contributed by atoms with Gasteiger partial charge in [-0.1, -0.05) is 0 Å². The van der Waals surface area contributed by atoms with Crippen molar-refractivity contribution in [2.45, 2.75) is 13.1 Å². The highest BCUT2D eigenvalue weighted by Gasteiger charge is 2.10. The molecule has 1 N–H and O–H groups in total. The number of hydrogen-bond donors (Lipinski definition) is 1. The summed E-state index contributed by atoms with van der Waals surface area (Å²) < 4.78 is 5.23. The highest BCUT2D eigenvalue weighted by molar-refractivity contribution is 9.10. The second-order valence-corrected chi connectivity index (χ2v) is 7.13. The highest BCUT2D eigenvalue weighted by atomic mass is 79.9. The molecule has 0 bridgehead atoms. The SMILES string of the molecule is CN=C(NCc1cn2ccsc2n1)N(C)Cc1cc(Br)cn1C. The molecule has 0 fully saturated rings. The smallest absolute Gasteiger partial charge is 0.194 e. The van der Waals surface area contributed by atoms with E-state index in [0.717, 1.165) is 27.6 Å². The van der Waals surface area contributed by atoms with Gasteiger partial charge in [0.1, 0.15) is 0 Å². The zero-order valence-corrected chi connectivity index (χ0v) is 15.7. The fourth-order valence-corrected chi connectivity index (χ4v) is 3.75. The van der Waals surface area contributed by atoms with Gasteiger partial charge in [-0.25, -0.2) is 4.98 Å². The van der Waals surface area contributed by atoms with E-state index in [0.29, 0.717) is 6.54 Å². The molecule has 0 amide bonds. The molecule has 0 saturated carbocycles. The average Bonchev–Trinajstić information content (AvgIpc) is 3.15. The van der Waals surface area contributed by atoms with Crippen LogP contribution < -0.4 is 5.32 Å². The normalized spacial score (nSPS) is 12.1. The van der Waals surface area contributed by atoms with E-state index in [-0.39, 0.29) is 0 Å². The number of aromatic nitrogens is 3. The van der Waals surface area contributed by atoms with Gasteiger partial charge in [0.25, 0.3) is 0 Å². The number of aliphatic imine (C=N–C) groups is 1. The van der Waals surface area contributed by atoms with Gasteiger partial charge in [-0.15, -0.1) is 11.3 Å². The molecule has 0 radical (unpaired) electrons. The largest absolute Gasteiger partial charge is 0.352 e. The number of halogens is 1. The van der Waals surface area contributed by atoms with Gasteiger partial charge in [0.15, 0.2) is 10.9 Å². The molecule has 3 aromatic heterocycles. The molecular weight excluding hydrogens is 376 g/mol. The average molecular weight is 395 g/mol. The zero-order valence-electron chi connectivity index (χ0n) is 13.3. The van der Waals surface area contributed by atoms with E-state index < -0.39 is 0 Å². The molecular formula is C15H19BrN6S. The molecule has 0 unspecified atom stereocenters. The van der Waals surface area contributed by atoms with Gasteiger partial charge in [0.2, 0.25) is 0 Å². The van der Waals surface area contributed by atoms with Crippen LogP contribution in [0.1, 0.15) is 11.4 Å². The first kappa shape index (κ1) is 16.1. The second kappa shape index (κ2) is 6.76. The molecule has 0 aliphatic carbocycles. The predicted molar refractivity (Wildman–Crippen MR) is 97.8 cm³/mol. The van der Waals surface area contributed by atoms with E-state index in [1.165, 1.54) is 5.69 Å². The van der Waals surface area contributed by atoms with Gasteiger partial charge >= 0.3 is 0 Å². The molecule has 0 aliphatic heterocycles. The minimum absolute atomic E-state index is 0.655. The topological polar surface area (TPSA) is 49.9 Å². The molecule has 3 heterocycles. The lowest BCUT2D eigenvalue weighted by atomic mass is 10.4. The van der Waals surface area contributed by atoms with Crippen molar-refractivity contribution in [3.63, 3.8) is 0 Å². The van der Waals surface area contributed by atoms with Crippen LogP contribution in [0.3, 0.4) is 0 Å². The van der Waals surface area contributed by atoms with Crippen molar-refractivity contribution in [3.8, 4) is 0 Å². The Morgan fingerprint density at radius 1 is 1.48 bits per heavy atom. The minimum atomic E-state index is 0.655. The van der Waals surface area contributed by atoms with Gasteiger partial charge in [-0.05, 0) is 22.0 Å². The van der Waals surface area contributed by atoms with E-state index in [1.807, 2.05) is 36.3 Å². The molecule has 8 heteroatoms. The van der Waals surface area contributed by atoms with Crippen molar-refractivity contribution >= 4 is 38.2 Å². The Kier molecular flexibility index (Phi) is 4.72. The van der Waals surface area contributed by atoms with E-state index in [9.17, 15) is 0 Å². The number of fused-ring (bicyclic) bond motifs is 1. The summed E-state index contributed by atoms with van der Waals surface area (Å²) in [5, 5.41) is 5.40. The Morgan fingerprint density at radius 3 is 2.96 bits per heavy atom. The van der Waals surface area contributed by atoms with Gasteiger partial charge in [-0.2, -0.15) is 0 Å². The van der Waals surface area contributed by atoms with Gasteiger partial charge in [0, 0.05) is 55.3 Å². The molecule has 0 saturated heterocycles. The number of aryl methyl sites for hydroxylation is 1. The van der Waals surface area contributed by atoms with Crippen LogP contribution in [0, 0.1) is 0 Å². The summed E-state index contributed by atoms with van der Waals surface area (Å²) in [6.45, 7) is 1.43. The Morgan fingerprint density at radius 2 is 2.30 bits per heavy atom. The Hall–Kier alpha value is -1.80. The third kappa shape index (κ3) is 3.59. The van der Waals surface area contributed by atoms with Crippen LogP contribution in [0.2, 0.25) is 0 Å². The van der Waals surface area contributed by atoms with Crippen LogP contribution in [-0.4, -0.2) is 38.9 Å². The van der Waals surface area contributed by atoms with Crippen molar-refractivity contribution in [2.24, 2.45) is 12.0 Å². The first-order chi connectivity index (χ1) is 11.1. The maximum absolute atomic E-state index is 4.57. The second-order valence-electron chi connectivity index (χ2n) is 5.34. The molecule has 0 aliphatic rings. The molecule has 0 atom stereocenters. The predicted octanol–water partition coefficient (Wildman–Crippen LogP) is 2.70. The summed E-state index contributed by atoms with van der Waals surface area (Å²) >= 11 is 5.14. The van der Waals surface area contributed by atoms with Crippen LogP contribution in [0.5, 0.6) is 0 Å². The summed E-state index contributed by atoms with van der Waals surface area (Å²) in [6.07, 6.45) is 6.11. The van der Waals surface area contributed by atoms with Crippen LogP contribution in [0.4, 0.5) is 0 Å². The summed E-state index contributed by atoms with van der Waals surface area (Å²) in [4.78, 5) is 12.0. The minimum Gasteiger partial charge on any atom is -0.352 e. The summed E-state index contributed by atoms with van der Waals surface area (Å²) in [6, 6.07) is 2.12. The Labute approximate surface area is 147 Å². The first-order valence-corrected chi connectivity index (χ1v) is 8.87. The van der Waals surface area contributed by atoms with Crippen molar-refractivity contribution in [2.75, 3.05) is 14.1 Å². The van der Waals surface area contributed by atoms with Crippen LogP contribution in [-0.2, 0) is 20.1 Å². The molecule has 6 nitrogen and oxygen atoms in total. The molecule has 23 heavy (non-hydrogen) atoms. The first-order valence-electron chi connectivity index (χ1n) is 7.20. The maximum Gasteiger partial charge on any atom is 0.194 e. The third-order valence-corrected chi connectivity index (χ3v) is 4.82. The third-order valence-electron chi connectivity index (χ3n) is 3.62. The molecule has 0 spiro atoms. The number of hydrogen-bond acceptors (Lipinski definition) is 3. The molecule has 3 aromatic rings. The monoisotopic (exact) mass is 394 g/mol. The quantitative estimate of drug-likeness (QED) is 0.546. The Bertz CT molecular complexity index is 802. The maximum atomic E-state index is 4.57. The fourth-order valence-electron chi connectivity index (χ4n) is 2.46. The number of imidazole rings is 1. The Balaban J connectivity index is 1.62. The number of nitrogens with one attached hydrogen (secondary N) is 1. The number of rotatable bonds is 4. The van der Waals surface area contributed by atoms with Crippen molar-refractivity contribution in [1.82, 2.24) is 24.2 Å². The van der Waals surface area contributed by atoms with Crippen molar-refractivity contribution in [1.29, 1.82) is 0 Å². The van der Waals surface area contributed by atoms with Crippen LogP contribution >= 0.6 is 27.3 Å². The zero-order chi connectivity index (χ0) is 16.4. The summed E-state index contributed by atoms with van der Waals surface area (Å²) in [7, 11) is 5.87. The van der Waals surface area contributed by atoms with Gasteiger partial charge < -0.3 is 14.8 Å². The lowest BCUT2D eigenvalue weighted by molar-refractivity contribution is 0.461. The van der Waals surface area contributed by atoms with E-state index in [4.69, 9.17) is 0 Å². The standard InChI is InChI=1S/C15H19BrN6S/c1-17-14(21(3)10-13-6-11(16)8-20(13)2)18-7-12-9-22-4-5-23-15(22)19-12/h4-6,8-9H,7,10H2,1-3H3,(H,17,18). The van der Waals surface area contributed by atoms with Crippen LogP contribution in [0.15, 0.2) is 39.5 Å². The summed E-state index contributed by atoms with van der Waals surface area (Å²) in [5.41, 5.74) is 2.22. The molecule has 0 aromatic carbocycles. The van der Waals surface area contributed by atoms with Gasteiger partial charge in [-0.3, -0.25) is 9.39 Å². The van der Waals surface area contributed by atoms with E-state index >= 15 is 0 Å². The number of nitrogens with zero attached hydrogens (tertiary/aromatic N) is 5. The van der Waals surface area contributed by atoms with Crippen molar-refractivity contribution in [3.05, 3.63) is 45.9 Å².